The van der Waals surface area contributed by atoms with Crippen LogP contribution in [-0.4, -0.2) is 19.9 Å². The number of nitrogens with zero attached hydrogens (tertiary/aromatic N) is 1. The number of thiophene rings is 1. The lowest BCUT2D eigenvalue weighted by molar-refractivity contribution is 0.581. The van der Waals surface area contributed by atoms with Crippen molar-refractivity contribution in [3.8, 4) is 9.88 Å². The molecule has 9 heteroatoms. The van der Waals surface area contributed by atoms with Gasteiger partial charge in [0.05, 0.1) is 15.6 Å². The van der Waals surface area contributed by atoms with Crippen LogP contribution in [0.1, 0.15) is 5.69 Å². The molecule has 0 aliphatic heterocycles. The summed E-state index contributed by atoms with van der Waals surface area (Å²) in [5.41, 5.74) is 0.850. The summed E-state index contributed by atoms with van der Waals surface area (Å²) in [6.07, 6.45) is 0.499. The Labute approximate surface area is 158 Å². The average molecular weight is 419 g/mol. The predicted molar refractivity (Wildman–Crippen MR) is 101 cm³/mol. The Morgan fingerprint density at radius 1 is 1.17 bits per heavy atom. The zero-order valence-corrected chi connectivity index (χ0v) is 16.2. The number of thiazole rings is 1. The van der Waals surface area contributed by atoms with Gasteiger partial charge >= 0.3 is 0 Å². The van der Waals surface area contributed by atoms with Crippen LogP contribution in [0.4, 0.5) is 0 Å². The van der Waals surface area contributed by atoms with Crippen LogP contribution < -0.4 is 4.72 Å². The van der Waals surface area contributed by atoms with Crippen molar-refractivity contribution in [1.29, 1.82) is 0 Å². The fourth-order valence-corrected chi connectivity index (χ4v) is 5.47. The molecule has 0 aliphatic rings. The number of halogens is 2. The normalized spacial score (nSPS) is 11.8. The first-order chi connectivity index (χ1) is 11.5. The number of hydrogen-bond acceptors (Lipinski definition) is 5. The van der Waals surface area contributed by atoms with Gasteiger partial charge in [0.15, 0.2) is 0 Å². The molecule has 4 nitrogen and oxygen atoms in total. The number of benzene rings is 1. The second-order valence-electron chi connectivity index (χ2n) is 4.84. The van der Waals surface area contributed by atoms with Gasteiger partial charge < -0.3 is 0 Å². The van der Waals surface area contributed by atoms with E-state index in [4.69, 9.17) is 23.2 Å². The SMILES string of the molecule is O=S(=O)(NCCc1csc(-c2cccs2)n1)c1cc(Cl)ccc1Cl. The van der Waals surface area contributed by atoms with Gasteiger partial charge in [-0.1, -0.05) is 29.3 Å². The number of nitrogens with one attached hydrogen (secondary N) is 1. The molecule has 3 aromatic rings. The van der Waals surface area contributed by atoms with E-state index in [-0.39, 0.29) is 16.5 Å². The standard InChI is InChI=1S/C15H12Cl2N2O2S3/c16-10-3-4-12(17)14(8-10)24(20,21)18-6-5-11-9-23-15(19-11)13-2-1-7-22-13/h1-4,7-9,18H,5-6H2. The molecule has 0 saturated carbocycles. The smallest absolute Gasteiger partial charge is 0.240 e. The molecular weight excluding hydrogens is 407 g/mol. The molecule has 0 unspecified atom stereocenters. The van der Waals surface area contributed by atoms with E-state index in [1.54, 1.807) is 28.7 Å². The zero-order chi connectivity index (χ0) is 17.2. The van der Waals surface area contributed by atoms with E-state index in [0.29, 0.717) is 11.4 Å². The van der Waals surface area contributed by atoms with Crippen molar-refractivity contribution in [3.63, 3.8) is 0 Å². The number of hydrogen-bond donors (Lipinski definition) is 1. The van der Waals surface area contributed by atoms with Crippen LogP contribution >= 0.6 is 45.9 Å². The quantitative estimate of drug-likeness (QED) is 0.630. The molecule has 2 aromatic heterocycles. The summed E-state index contributed by atoms with van der Waals surface area (Å²) in [5, 5.41) is 5.34. The summed E-state index contributed by atoms with van der Waals surface area (Å²) in [6.45, 7) is 0.235. The molecule has 1 aromatic carbocycles. The maximum absolute atomic E-state index is 12.3. The van der Waals surface area contributed by atoms with Crippen molar-refractivity contribution in [2.24, 2.45) is 0 Å². The fourth-order valence-electron chi connectivity index (χ4n) is 2.01. The fraction of sp³-hybridized carbons (Fsp3) is 0.133. The van der Waals surface area contributed by atoms with Gasteiger partial charge in [0.25, 0.3) is 0 Å². The van der Waals surface area contributed by atoms with Crippen LogP contribution in [0.2, 0.25) is 10.0 Å². The van der Waals surface area contributed by atoms with E-state index in [0.717, 1.165) is 15.6 Å². The summed E-state index contributed by atoms with van der Waals surface area (Å²) in [6, 6.07) is 8.33. The molecule has 0 aliphatic carbocycles. The molecule has 0 bridgehead atoms. The largest absolute Gasteiger partial charge is 0.242 e. The summed E-state index contributed by atoms with van der Waals surface area (Å²) < 4.78 is 27.2. The lowest BCUT2D eigenvalue weighted by atomic mass is 10.3. The zero-order valence-electron chi connectivity index (χ0n) is 12.2. The van der Waals surface area contributed by atoms with Gasteiger partial charge in [0.2, 0.25) is 10.0 Å². The molecule has 0 spiro atoms. The third-order valence-electron chi connectivity index (χ3n) is 3.14. The van der Waals surface area contributed by atoms with E-state index in [2.05, 4.69) is 9.71 Å². The van der Waals surface area contributed by atoms with Crippen molar-refractivity contribution >= 4 is 55.9 Å². The van der Waals surface area contributed by atoms with Crippen molar-refractivity contribution in [2.45, 2.75) is 11.3 Å². The lowest BCUT2D eigenvalue weighted by Crippen LogP contribution is -2.26. The van der Waals surface area contributed by atoms with Crippen molar-refractivity contribution < 1.29 is 8.42 Å². The highest BCUT2D eigenvalue weighted by Gasteiger charge is 2.18. The second kappa shape index (κ2) is 7.51. The Bertz CT molecular complexity index is 938. The molecule has 0 fully saturated rings. The van der Waals surface area contributed by atoms with E-state index in [1.807, 2.05) is 22.9 Å². The van der Waals surface area contributed by atoms with Gasteiger partial charge in [-0.3, -0.25) is 0 Å². The lowest BCUT2D eigenvalue weighted by Gasteiger charge is -2.08. The molecule has 3 rings (SSSR count). The Morgan fingerprint density at radius 2 is 2.00 bits per heavy atom. The van der Waals surface area contributed by atoms with Crippen LogP contribution in [0.15, 0.2) is 46.0 Å². The van der Waals surface area contributed by atoms with E-state index in [1.165, 1.54) is 12.1 Å². The van der Waals surface area contributed by atoms with E-state index in [9.17, 15) is 8.42 Å². The number of rotatable bonds is 6. The highest BCUT2D eigenvalue weighted by Crippen LogP contribution is 2.28. The molecule has 126 valence electrons. The Kier molecular flexibility index (Phi) is 5.59. The highest BCUT2D eigenvalue weighted by atomic mass is 35.5. The van der Waals surface area contributed by atoms with Gasteiger partial charge in [-0.25, -0.2) is 18.1 Å². The van der Waals surface area contributed by atoms with Gasteiger partial charge in [0.1, 0.15) is 9.90 Å². The summed E-state index contributed by atoms with van der Waals surface area (Å²) >= 11 is 15.0. The first-order valence-electron chi connectivity index (χ1n) is 6.89. The van der Waals surface area contributed by atoms with E-state index < -0.39 is 10.0 Å². The Morgan fingerprint density at radius 3 is 2.75 bits per heavy atom. The molecule has 24 heavy (non-hydrogen) atoms. The molecule has 0 radical (unpaired) electrons. The maximum Gasteiger partial charge on any atom is 0.242 e. The topological polar surface area (TPSA) is 59.1 Å². The van der Waals surface area contributed by atoms with Crippen LogP contribution in [0.3, 0.4) is 0 Å². The average Bonchev–Trinajstić information content (AvgIpc) is 3.20. The first kappa shape index (κ1) is 17.8. The first-order valence-corrected chi connectivity index (χ1v) is 10.9. The minimum atomic E-state index is -3.71. The van der Waals surface area contributed by atoms with Gasteiger partial charge in [-0.2, -0.15) is 0 Å². The maximum atomic E-state index is 12.3. The second-order valence-corrected chi connectivity index (χ2v) is 9.23. The number of aromatic nitrogens is 1. The van der Waals surface area contributed by atoms with Crippen LogP contribution in [-0.2, 0) is 16.4 Å². The predicted octanol–water partition coefficient (Wildman–Crippen LogP) is 4.70. The van der Waals surface area contributed by atoms with Crippen molar-refractivity contribution in [1.82, 2.24) is 9.71 Å². The van der Waals surface area contributed by atoms with Crippen LogP contribution in [0.5, 0.6) is 0 Å². The van der Waals surface area contributed by atoms with Gasteiger partial charge in [0, 0.05) is 23.4 Å². The van der Waals surface area contributed by atoms with Gasteiger partial charge in [-0.05, 0) is 29.6 Å². The molecule has 0 amide bonds. The molecule has 2 heterocycles. The van der Waals surface area contributed by atoms with Gasteiger partial charge in [-0.15, -0.1) is 22.7 Å². The minimum Gasteiger partial charge on any atom is -0.240 e. The highest BCUT2D eigenvalue weighted by molar-refractivity contribution is 7.89. The van der Waals surface area contributed by atoms with E-state index >= 15 is 0 Å². The molecule has 1 N–H and O–H groups in total. The summed E-state index contributed by atoms with van der Waals surface area (Å²) in [7, 11) is -3.71. The Balaban J connectivity index is 1.64. The third kappa shape index (κ3) is 4.17. The molecular formula is C15H12Cl2N2O2S3. The van der Waals surface area contributed by atoms with Crippen molar-refractivity contribution in [3.05, 3.63) is 56.8 Å². The third-order valence-corrected chi connectivity index (χ3v) is 7.25. The molecule has 0 atom stereocenters. The number of sulfonamides is 1. The minimum absolute atomic E-state index is 0.0192. The van der Waals surface area contributed by atoms with Crippen LogP contribution in [0, 0.1) is 0 Å². The Hall–Kier alpha value is -0.960. The van der Waals surface area contributed by atoms with Crippen molar-refractivity contribution in [2.75, 3.05) is 6.54 Å². The molecule has 0 saturated heterocycles. The summed E-state index contributed by atoms with van der Waals surface area (Å²) in [4.78, 5) is 5.61. The monoisotopic (exact) mass is 418 g/mol. The van der Waals surface area contributed by atoms with Crippen LogP contribution in [0.25, 0.3) is 9.88 Å². The summed E-state index contributed by atoms with van der Waals surface area (Å²) in [5.74, 6) is 0.